The molecule has 0 spiro atoms. The summed E-state index contributed by atoms with van der Waals surface area (Å²) in [7, 11) is 1.73. The summed E-state index contributed by atoms with van der Waals surface area (Å²) in [6.07, 6.45) is 1.63. The highest BCUT2D eigenvalue weighted by Gasteiger charge is 2.25. The number of nitrogens with one attached hydrogen (secondary N) is 3. The number of anilines is 2. The van der Waals surface area contributed by atoms with E-state index < -0.39 is 5.41 Å². The Morgan fingerprint density at radius 1 is 1.47 bits per heavy atom. The van der Waals surface area contributed by atoms with Gasteiger partial charge in [0, 0.05) is 13.6 Å². The van der Waals surface area contributed by atoms with E-state index in [4.69, 9.17) is 5.73 Å². The molecular weight excluding hydrogens is 246 g/mol. The third-order valence-corrected chi connectivity index (χ3v) is 2.90. The van der Waals surface area contributed by atoms with Crippen LogP contribution >= 0.6 is 0 Å². The highest BCUT2D eigenvalue weighted by molar-refractivity contribution is 5.87. The zero-order chi connectivity index (χ0) is 14.0. The summed E-state index contributed by atoms with van der Waals surface area (Å²) in [6, 6.07) is 0. The van der Waals surface area contributed by atoms with Crippen LogP contribution < -0.4 is 16.4 Å². The topological polar surface area (TPSA) is 122 Å². The smallest absolute Gasteiger partial charge is 0.226 e. The van der Waals surface area contributed by atoms with Gasteiger partial charge < -0.3 is 16.4 Å². The minimum absolute atomic E-state index is 0.369. The van der Waals surface area contributed by atoms with Crippen LogP contribution in [-0.4, -0.2) is 39.7 Å². The van der Waals surface area contributed by atoms with Crippen molar-refractivity contribution in [2.24, 2.45) is 11.1 Å². The van der Waals surface area contributed by atoms with Crippen molar-refractivity contribution < 1.29 is 4.79 Å². The average Bonchev–Trinajstić information content (AvgIpc) is 2.83. The molecule has 0 aliphatic carbocycles. The van der Waals surface area contributed by atoms with E-state index in [9.17, 15) is 4.79 Å². The van der Waals surface area contributed by atoms with Crippen molar-refractivity contribution in [2.45, 2.75) is 13.8 Å². The number of H-pyrrole nitrogens is 1. The molecule has 8 heteroatoms. The van der Waals surface area contributed by atoms with Crippen molar-refractivity contribution in [1.29, 1.82) is 0 Å². The minimum atomic E-state index is -0.666. The second-order valence-electron chi connectivity index (χ2n) is 4.88. The van der Waals surface area contributed by atoms with Crippen LogP contribution in [0.4, 0.5) is 11.8 Å². The second-order valence-corrected chi connectivity index (χ2v) is 4.88. The van der Waals surface area contributed by atoms with Gasteiger partial charge in [0.15, 0.2) is 5.65 Å². The fourth-order valence-corrected chi connectivity index (χ4v) is 1.47. The Bertz CT molecular complexity index is 604. The maximum atomic E-state index is 11.3. The molecule has 2 aromatic rings. The number of primary amides is 1. The van der Waals surface area contributed by atoms with E-state index in [1.807, 2.05) is 0 Å². The fourth-order valence-electron chi connectivity index (χ4n) is 1.47. The van der Waals surface area contributed by atoms with Gasteiger partial charge in [0.2, 0.25) is 11.9 Å². The predicted octanol–water partition coefficient (Wildman–Crippen LogP) is 0.318. The number of nitrogens with two attached hydrogens (primary N) is 1. The molecule has 0 fully saturated rings. The number of aromatic nitrogens is 4. The lowest BCUT2D eigenvalue weighted by Crippen LogP contribution is -2.37. The molecule has 0 unspecified atom stereocenters. The van der Waals surface area contributed by atoms with Crippen LogP contribution in [0.1, 0.15) is 13.8 Å². The number of rotatable bonds is 5. The molecule has 0 radical (unpaired) electrons. The van der Waals surface area contributed by atoms with Gasteiger partial charge in [-0.1, -0.05) is 0 Å². The molecule has 2 rings (SSSR count). The van der Waals surface area contributed by atoms with E-state index >= 15 is 0 Å². The lowest BCUT2D eigenvalue weighted by atomic mass is 9.93. The Kier molecular flexibility index (Phi) is 3.24. The molecule has 0 saturated carbocycles. The number of hydrogen-bond donors (Lipinski definition) is 4. The normalized spacial score (nSPS) is 11.5. The largest absolute Gasteiger partial charge is 0.369 e. The maximum Gasteiger partial charge on any atom is 0.226 e. The van der Waals surface area contributed by atoms with Crippen LogP contribution in [-0.2, 0) is 4.79 Å². The minimum Gasteiger partial charge on any atom is -0.369 e. The van der Waals surface area contributed by atoms with E-state index in [1.165, 1.54) is 0 Å². The zero-order valence-electron chi connectivity index (χ0n) is 11.1. The predicted molar refractivity (Wildman–Crippen MR) is 72.7 cm³/mol. The quantitative estimate of drug-likeness (QED) is 0.616. The number of hydrogen-bond acceptors (Lipinski definition) is 6. The zero-order valence-corrected chi connectivity index (χ0v) is 11.1. The maximum absolute atomic E-state index is 11.3. The monoisotopic (exact) mass is 263 g/mol. The molecule has 19 heavy (non-hydrogen) atoms. The molecule has 102 valence electrons. The molecule has 5 N–H and O–H groups in total. The van der Waals surface area contributed by atoms with E-state index in [-0.39, 0.29) is 5.91 Å². The second kappa shape index (κ2) is 4.71. The van der Waals surface area contributed by atoms with Crippen molar-refractivity contribution in [3.63, 3.8) is 0 Å². The number of amides is 1. The molecule has 1 amide bonds. The van der Waals surface area contributed by atoms with Gasteiger partial charge in [0.05, 0.1) is 17.0 Å². The number of nitrogens with zero attached hydrogens (tertiary/aromatic N) is 3. The Labute approximate surface area is 110 Å². The summed E-state index contributed by atoms with van der Waals surface area (Å²) >= 11 is 0. The van der Waals surface area contributed by atoms with Crippen LogP contribution in [0.5, 0.6) is 0 Å². The van der Waals surface area contributed by atoms with Crippen LogP contribution in [0.2, 0.25) is 0 Å². The van der Waals surface area contributed by atoms with Gasteiger partial charge >= 0.3 is 0 Å². The molecule has 0 aromatic carbocycles. The molecule has 2 heterocycles. The van der Waals surface area contributed by atoms with Gasteiger partial charge in [0.25, 0.3) is 0 Å². The molecule has 0 atom stereocenters. The molecule has 0 saturated heterocycles. The van der Waals surface area contributed by atoms with Crippen molar-refractivity contribution in [3.05, 3.63) is 6.20 Å². The molecule has 2 aromatic heterocycles. The highest BCUT2D eigenvalue weighted by Crippen LogP contribution is 2.22. The van der Waals surface area contributed by atoms with Crippen molar-refractivity contribution in [1.82, 2.24) is 20.2 Å². The van der Waals surface area contributed by atoms with E-state index in [0.717, 1.165) is 5.39 Å². The molecule has 0 aliphatic heterocycles. The molecule has 0 aliphatic rings. The highest BCUT2D eigenvalue weighted by atomic mass is 16.1. The number of carbonyl (C=O) groups excluding carboxylic acids is 1. The van der Waals surface area contributed by atoms with Crippen LogP contribution in [0.15, 0.2) is 6.20 Å². The first-order chi connectivity index (χ1) is 8.94. The van der Waals surface area contributed by atoms with Crippen LogP contribution in [0, 0.1) is 5.41 Å². The summed E-state index contributed by atoms with van der Waals surface area (Å²) in [5, 5.41) is 13.5. The van der Waals surface area contributed by atoms with E-state index in [0.29, 0.717) is 24.0 Å². The van der Waals surface area contributed by atoms with E-state index in [1.54, 1.807) is 27.1 Å². The van der Waals surface area contributed by atoms with Gasteiger partial charge in [-0.05, 0) is 13.8 Å². The number of aromatic amines is 1. The third-order valence-electron chi connectivity index (χ3n) is 2.90. The van der Waals surface area contributed by atoms with Crippen LogP contribution in [0.3, 0.4) is 0 Å². The summed E-state index contributed by atoms with van der Waals surface area (Å²) < 4.78 is 0. The summed E-state index contributed by atoms with van der Waals surface area (Å²) in [6.45, 7) is 3.92. The van der Waals surface area contributed by atoms with Gasteiger partial charge in [-0.3, -0.25) is 9.89 Å². The first-order valence-corrected chi connectivity index (χ1v) is 5.86. The fraction of sp³-hybridized carbons (Fsp3) is 0.455. The number of carbonyl (C=O) groups is 1. The Morgan fingerprint density at radius 3 is 2.84 bits per heavy atom. The number of fused-ring (bicyclic) bond motifs is 1. The lowest BCUT2D eigenvalue weighted by Gasteiger charge is -2.21. The van der Waals surface area contributed by atoms with Gasteiger partial charge in [-0.25, -0.2) is 0 Å². The first kappa shape index (κ1) is 13.1. The van der Waals surface area contributed by atoms with E-state index in [2.05, 4.69) is 30.8 Å². The Hall–Kier alpha value is -2.38. The molecule has 0 bridgehead atoms. The third kappa shape index (κ3) is 2.56. The molecule has 8 nitrogen and oxygen atoms in total. The standard InChI is InChI=1S/C11H17N7O/c1-11(2,9(12)19)5-14-7-6-4-15-18-8(6)17-10(13-3)16-7/h4H,5H2,1-3H3,(H2,12,19)(H3,13,14,15,16,17,18). The van der Waals surface area contributed by atoms with Crippen molar-refractivity contribution >= 4 is 28.7 Å². The Morgan fingerprint density at radius 2 is 2.21 bits per heavy atom. The first-order valence-electron chi connectivity index (χ1n) is 5.86. The van der Waals surface area contributed by atoms with Gasteiger partial charge in [-0.15, -0.1) is 0 Å². The van der Waals surface area contributed by atoms with Gasteiger partial charge in [0.1, 0.15) is 5.82 Å². The summed E-state index contributed by atoms with van der Waals surface area (Å²) in [5.74, 6) is 0.708. The van der Waals surface area contributed by atoms with Crippen molar-refractivity contribution in [2.75, 3.05) is 24.2 Å². The lowest BCUT2D eigenvalue weighted by molar-refractivity contribution is -0.125. The van der Waals surface area contributed by atoms with Crippen molar-refractivity contribution in [3.8, 4) is 0 Å². The summed E-state index contributed by atoms with van der Waals surface area (Å²) in [5.41, 5.74) is 5.30. The van der Waals surface area contributed by atoms with Crippen LogP contribution in [0.25, 0.3) is 11.0 Å². The van der Waals surface area contributed by atoms with Gasteiger partial charge in [-0.2, -0.15) is 15.1 Å². The summed E-state index contributed by atoms with van der Waals surface area (Å²) in [4.78, 5) is 19.8. The Balaban J connectivity index is 2.29. The molecular formula is C11H17N7O. The SMILES string of the molecule is CNc1nc(NCC(C)(C)C(N)=O)c2cn[nH]c2n1. The average molecular weight is 263 g/mol.